The van der Waals surface area contributed by atoms with Crippen molar-refractivity contribution >= 4 is 33.7 Å². The smallest absolute Gasteiger partial charge is 0.331 e. The maximum atomic E-state index is 12.6. The Morgan fingerprint density at radius 1 is 1.10 bits per heavy atom. The van der Waals surface area contributed by atoms with Crippen molar-refractivity contribution in [3.05, 3.63) is 65.7 Å². The van der Waals surface area contributed by atoms with E-state index >= 15 is 0 Å². The van der Waals surface area contributed by atoms with Crippen LogP contribution in [0.15, 0.2) is 59.5 Å². The highest BCUT2D eigenvalue weighted by atomic mass is 32.2. The van der Waals surface area contributed by atoms with Crippen LogP contribution in [0.3, 0.4) is 0 Å². The number of benzene rings is 2. The molecule has 1 fully saturated rings. The molecular formula is C22H24N2O5S. The van der Waals surface area contributed by atoms with Gasteiger partial charge in [-0.3, -0.25) is 4.79 Å². The highest BCUT2D eigenvalue weighted by Crippen LogP contribution is 2.23. The van der Waals surface area contributed by atoms with Gasteiger partial charge in [-0.05, 0) is 49.6 Å². The summed E-state index contributed by atoms with van der Waals surface area (Å²) in [5.41, 5.74) is 2.29. The fraction of sp³-hybridized carbons (Fsp3) is 0.273. The van der Waals surface area contributed by atoms with E-state index < -0.39 is 28.5 Å². The summed E-state index contributed by atoms with van der Waals surface area (Å²) in [6, 6.07) is 13.6. The van der Waals surface area contributed by atoms with Gasteiger partial charge in [0.05, 0.1) is 4.90 Å². The maximum Gasteiger partial charge on any atom is 0.331 e. The van der Waals surface area contributed by atoms with Crippen LogP contribution in [0.1, 0.15) is 24.0 Å². The van der Waals surface area contributed by atoms with Crippen LogP contribution in [0, 0.1) is 6.92 Å². The second-order valence-corrected chi connectivity index (χ2v) is 8.98. The molecule has 30 heavy (non-hydrogen) atoms. The quantitative estimate of drug-likeness (QED) is 0.541. The van der Waals surface area contributed by atoms with Crippen molar-refractivity contribution in [3.63, 3.8) is 0 Å². The number of hydrogen-bond acceptors (Lipinski definition) is 5. The third-order valence-electron chi connectivity index (χ3n) is 4.66. The summed E-state index contributed by atoms with van der Waals surface area (Å²) in [4.78, 5) is 24.0. The first-order valence-electron chi connectivity index (χ1n) is 9.66. The van der Waals surface area contributed by atoms with Crippen molar-refractivity contribution in [2.75, 3.05) is 25.0 Å². The number of nitrogens with one attached hydrogen (secondary N) is 1. The molecule has 1 aliphatic rings. The van der Waals surface area contributed by atoms with Crippen LogP contribution < -0.4 is 5.32 Å². The van der Waals surface area contributed by atoms with Gasteiger partial charge in [-0.25, -0.2) is 13.2 Å². The van der Waals surface area contributed by atoms with E-state index in [9.17, 15) is 18.0 Å². The lowest BCUT2D eigenvalue weighted by molar-refractivity contribution is -0.142. The highest BCUT2D eigenvalue weighted by Gasteiger charge is 2.27. The van der Waals surface area contributed by atoms with Crippen LogP contribution in [-0.2, 0) is 24.3 Å². The van der Waals surface area contributed by atoms with E-state index in [1.807, 2.05) is 31.2 Å². The zero-order valence-corrected chi connectivity index (χ0v) is 17.5. The Bertz CT molecular complexity index is 1040. The fourth-order valence-electron chi connectivity index (χ4n) is 3.04. The van der Waals surface area contributed by atoms with Gasteiger partial charge < -0.3 is 10.1 Å². The molecule has 1 heterocycles. The van der Waals surface area contributed by atoms with E-state index in [2.05, 4.69) is 5.32 Å². The van der Waals surface area contributed by atoms with Crippen LogP contribution >= 0.6 is 0 Å². The molecule has 0 radical (unpaired) electrons. The standard InChI is InChI=1S/C22H24N2O5S/c1-17-7-9-18(10-8-17)11-12-22(26)29-16-21(25)23-19-5-4-6-20(15-19)30(27,28)24-13-2-3-14-24/h4-12,15H,2-3,13-14,16H2,1H3,(H,23,25)/b12-11+. The Morgan fingerprint density at radius 2 is 1.80 bits per heavy atom. The third-order valence-corrected chi connectivity index (χ3v) is 6.55. The normalized spacial score (nSPS) is 14.7. The Hall–Kier alpha value is -2.97. The number of aryl methyl sites for hydroxylation is 1. The Balaban J connectivity index is 1.53. The van der Waals surface area contributed by atoms with Gasteiger partial charge in [0.25, 0.3) is 5.91 Å². The minimum absolute atomic E-state index is 0.125. The van der Waals surface area contributed by atoms with E-state index in [1.54, 1.807) is 18.2 Å². The summed E-state index contributed by atoms with van der Waals surface area (Å²) in [6.07, 6.45) is 4.55. The molecule has 2 aromatic rings. The molecule has 0 aromatic heterocycles. The Kier molecular flexibility index (Phi) is 7.02. The van der Waals surface area contributed by atoms with Gasteiger partial charge in [-0.1, -0.05) is 35.9 Å². The average Bonchev–Trinajstić information content (AvgIpc) is 3.28. The van der Waals surface area contributed by atoms with Gasteiger partial charge in [0, 0.05) is 24.9 Å². The van der Waals surface area contributed by atoms with Crippen molar-refractivity contribution in [1.29, 1.82) is 0 Å². The molecule has 0 aliphatic carbocycles. The lowest BCUT2D eigenvalue weighted by Crippen LogP contribution is -2.28. The molecule has 1 saturated heterocycles. The molecule has 1 aliphatic heterocycles. The molecule has 3 rings (SSSR count). The van der Waals surface area contributed by atoms with Crippen molar-refractivity contribution in [3.8, 4) is 0 Å². The number of anilines is 1. The molecule has 0 saturated carbocycles. The van der Waals surface area contributed by atoms with E-state index in [0.717, 1.165) is 24.0 Å². The van der Waals surface area contributed by atoms with Crippen molar-refractivity contribution < 1.29 is 22.7 Å². The molecule has 2 aromatic carbocycles. The van der Waals surface area contributed by atoms with Crippen molar-refractivity contribution in [2.45, 2.75) is 24.7 Å². The molecule has 158 valence electrons. The molecule has 0 spiro atoms. The first kappa shape index (κ1) is 21.7. The van der Waals surface area contributed by atoms with Gasteiger partial charge in [0.15, 0.2) is 6.61 Å². The summed E-state index contributed by atoms with van der Waals surface area (Å²) in [6.45, 7) is 2.51. The number of carbonyl (C=O) groups is 2. The molecule has 7 nitrogen and oxygen atoms in total. The number of amides is 1. The monoisotopic (exact) mass is 428 g/mol. The van der Waals surface area contributed by atoms with Gasteiger partial charge in [0.2, 0.25) is 10.0 Å². The molecule has 8 heteroatoms. The van der Waals surface area contributed by atoms with Crippen LogP contribution in [0.5, 0.6) is 0 Å². The first-order chi connectivity index (χ1) is 14.3. The van der Waals surface area contributed by atoms with Crippen LogP contribution in [0.2, 0.25) is 0 Å². The number of nitrogens with zero attached hydrogens (tertiary/aromatic N) is 1. The fourth-order valence-corrected chi connectivity index (χ4v) is 4.60. The number of ether oxygens (including phenoxy) is 1. The summed E-state index contributed by atoms with van der Waals surface area (Å²) < 4.78 is 31.6. The van der Waals surface area contributed by atoms with E-state index in [-0.39, 0.29) is 4.90 Å². The number of carbonyl (C=O) groups excluding carboxylic acids is 2. The lowest BCUT2D eigenvalue weighted by Gasteiger charge is -2.16. The first-order valence-corrected chi connectivity index (χ1v) is 11.1. The van der Waals surface area contributed by atoms with Crippen molar-refractivity contribution in [1.82, 2.24) is 4.31 Å². The van der Waals surface area contributed by atoms with Crippen LogP contribution in [-0.4, -0.2) is 44.3 Å². The number of sulfonamides is 1. The highest BCUT2D eigenvalue weighted by molar-refractivity contribution is 7.89. The molecule has 1 amide bonds. The van der Waals surface area contributed by atoms with Gasteiger partial charge >= 0.3 is 5.97 Å². The topological polar surface area (TPSA) is 92.8 Å². The number of rotatable bonds is 7. The predicted molar refractivity (Wildman–Crippen MR) is 114 cm³/mol. The minimum atomic E-state index is -3.57. The van der Waals surface area contributed by atoms with Gasteiger partial charge in [-0.15, -0.1) is 0 Å². The van der Waals surface area contributed by atoms with Crippen LogP contribution in [0.4, 0.5) is 5.69 Å². The zero-order chi connectivity index (χ0) is 21.6. The SMILES string of the molecule is Cc1ccc(/C=C/C(=O)OCC(=O)Nc2cccc(S(=O)(=O)N3CCCC3)c2)cc1. The Labute approximate surface area is 176 Å². The summed E-state index contributed by atoms with van der Waals surface area (Å²) in [5.74, 6) is -1.20. The summed E-state index contributed by atoms with van der Waals surface area (Å²) in [5, 5.41) is 2.56. The number of hydrogen-bond donors (Lipinski definition) is 1. The summed E-state index contributed by atoms with van der Waals surface area (Å²) in [7, 11) is -3.57. The van der Waals surface area contributed by atoms with E-state index in [0.29, 0.717) is 18.8 Å². The largest absolute Gasteiger partial charge is 0.452 e. The predicted octanol–water partition coefficient (Wildman–Crippen LogP) is 2.97. The second kappa shape index (κ2) is 9.69. The lowest BCUT2D eigenvalue weighted by atomic mass is 10.1. The number of esters is 1. The molecule has 0 unspecified atom stereocenters. The second-order valence-electron chi connectivity index (χ2n) is 7.04. The van der Waals surface area contributed by atoms with Crippen molar-refractivity contribution in [2.24, 2.45) is 0 Å². The zero-order valence-electron chi connectivity index (χ0n) is 16.7. The van der Waals surface area contributed by atoms with Crippen LogP contribution in [0.25, 0.3) is 6.08 Å². The van der Waals surface area contributed by atoms with Gasteiger partial charge in [0.1, 0.15) is 0 Å². The molecule has 0 bridgehead atoms. The third kappa shape index (κ3) is 5.77. The average molecular weight is 429 g/mol. The molecule has 1 N–H and O–H groups in total. The van der Waals surface area contributed by atoms with E-state index in [1.165, 1.54) is 22.5 Å². The maximum absolute atomic E-state index is 12.6. The minimum Gasteiger partial charge on any atom is -0.452 e. The van der Waals surface area contributed by atoms with E-state index in [4.69, 9.17) is 4.74 Å². The Morgan fingerprint density at radius 3 is 2.50 bits per heavy atom. The van der Waals surface area contributed by atoms with Gasteiger partial charge in [-0.2, -0.15) is 4.31 Å². The molecular weight excluding hydrogens is 404 g/mol. The summed E-state index contributed by atoms with van der Waals surface area (Å²) >= 11 is 0. The molecule has 0 atom stereocenters.